The van der Waals surface area contributed by atoms with Crippen LogP contribution >= 0.6 is 0 Å². The van der Waals surface area contributed by atoms with Gasteiger partial charge in [0.05, 0.1) is 25.8 Å². The Kier molecular flexibility index (Phi) is 9.23. The van der Waals surface area contributed by atoms with E-state index >= 15 is 0 Å². The quantitative estimate of drug-likeness (QED) is 0.274. The van der Waals surface area contributed by atoms with Gasteiger partial charge in [-0.25, -0.2) is 14.6 Å². The fourth-order valence-corrected chi connectivity index (χ4v) is 4.00. The SMILES string of the molecule is CCc1cccc(C(=O)C(Cc2cccc(C(=O)OC)n2)c2ccc(OC)cc2NC(=O)OC(C)(C)C)c1. The van der Waals surface area contributed by atoms with Crippen LogP contribution in [0.15, 0.2) is 60.7 Å². The molecule has 0 saturated heterocycles. The monoisotopic (exact) mass is 518 g/mol. The normalized spacial score (nSPS) is 11.8. The van der Waals surface area contributed by atoms with Gasteiger partial charge in [-0.3, -0.25) is 10.1 Å². The topological polar surface area (TPSA) is 104 Å². The lowest BCUT2D eigenvalue weighted by atomic mass is 9.85. The first kappa shape index (κ1) is 28.4. The van der Waals surface area contributed by atoms with Crippen LogP contribution in [0.4, 0.5) is 10.5 Å². The minimum absolute atomic E-state index is 0.144. The van der Waals surface area contributed by atoms with E-state index in [1.54, 1.807) is 63.2 Å². The fourth-order valence-electron chi connectivity index (χ4n) is 4.00. The van der Waals surface area contributed by atoms with Gasteiger partial charge in [0.15, 0.2) is 5.78 Å². The van der Waals surface area contributed by atoms with Crippen molar-refractivity contribution in [3.63, 3.8) is 0 Å². The number of benzene rings is 2. The van der Waals surface area contributed by atoms with E-state index in [2.05, 4.69) is 10.3 Å². The van der Waals surface area contributed by atoms with Gasteiger partial charge in [-0.1, -0.05) is 37.3 Å². The van der Waals surface area contributed by atoms with Crippen molar-refractivity contribution in [1.29, 1.82) is 0 Å². The summed E-state index contributed by atoms with van der Waals surface area (Å²) < 4.78 is 15.6. The summed E-state index contributed by atoms with van der Waals surface area (Å²) in [4.78, 5) is 43.2. The zero-order valence-electron chi connectivity index (χ0n) is 22.7. The number of methoxy groups -OCH3 is 2. The lowest BCUT2D eigenvalue weighted by molar-refractivity contribution is 0.0591. The van der Waals surface area contributed by atoms with Crippen molar-refractivity contribution in [2.24, 2.45) is 0 Å². The second kappa shape index (κ2) is 12.4. The number of carbonyl (C=O) groups is 3. The molecular formula is C30H34N2O6. The molecule has 38 heavy (non-hydrogen) atoms. The van der Waals surface area contributed by atoms with E-state index in [0.717, 1.165) is 12.0 Å². The predicted octanol–water partition coefficient (Wildman–Crippen LogP) is 6.00. The van der Waals surface area contributed by atoms with Gasteiger partial charge in [0.2, 0.25) is 0 Å². The van der Waals surface area contributed by atoms with E-state index in [-0.39, 0.29) is 17.9 Å². The number of anilines is 1. The molecule has 1 N–H and O–H groups in total. The van der Waals surface area contributed by atoms with E-state index in [1.807, 2.05) is 25.1 Å². The van der Waals surface area contributed by atoms with Gasteiger partial charge in [-0.05, 0) is 62.6 Å². The van der Waals surface area contributed by atoms with Crippen LogP contribution in [0.2, 0.25) is 0 Å². The molecule has 3 aromatic rings. The number of ketones is 1. The summed E-state index contributed by atoms with van der Waals surface area (Å²) in [5.41, 5.74) is 2.47. The minimum atomic E-state index is -0.738. The third kappa shape index (κ3) is 7.41. The Morgan fingerprint density at radius 2 is 1.71 bits per heavy atom. The van der Waals surface area contributed by atoms with Gasteiger partial charge < -0.3 is 14.2 Å². The summed E-state index contributed by atoms with van der Waals surface area (Å²) in [6.07, 6.45) is 0.301. The zero-order valence-corrected chi connectivity index (χ0v) is 22.7. The van der Waals surface area contributed by atoms with Crippen LogP contribution in [0.3, 0.4) is 0 Å². The molecule has 0 aliphatic carbocycles. The molecule has 1 amide bonds. The Morgan fingerprint density at radius 3 is 2.37 bits per heavy atom. The lowest BCUT2D eigenvalue weighted by Gasteiger charge is -2.23. The summed E-state index contributed by atoms with van der Waals surface area (Å²) in [5, 5.41) is 2.79. The summed E-state index contributed by atoms with van der Waals surface area (Å²) >= 11 is 0. The third-order valence-electron chi connectivity index (χ3n) is 5.82. The molecule has 3 rings (SSSR count). The van der Waals surface area contributed by atoms with E-state index < -0.39 is 23.6 Å². The number of pyridine rings is 1. The number of ether oxygens (including phenoxy) is 3. The summed E-state index contributed by atoms with van der Waals surface area (Å²) in [6.45, 7) is 7.33. The van der Waals surface area contributed by atoms with E-state index in [4.69, 9.17) is 14.2 Å². The number of aromatic nitrogens is 1. The van der Waals surface area contributed by atoms with Crippen LogP contribution in [0.1, 0.15) is 71.3 Å². The maximum atomic E-state index is 14.0. The molecule has 8 nitrogen and oxygen atoms in total. The zero-order chi connectivity index (χ0) is 27.9. The highest BCUT2D eigenvalue weighted by atomic mass is 16.6. The summed E-state index contributed by atoms with van der Waals surface area (Å²) in [5.74, 6) is -0.951. The standard InChI is InChI=1S/C30H34N2O6/c1-7-19-10-8-11-20(16-19)27(33)24(17-21-12-9-13-25(31-21)28(34)37-6)23-15-14-22(36-5)18-26(23)32-29(35)38-30(2,3)4/h8-16,18,24H,7,17H2,1-6H3,(H,32,35). The minimum Gasteiger partial charge on any atom is -0.497 e. The first-order chi connectivity index (χ1) is 18.0. The largest absolute Gasteiger partial charge is 0.497 e. The maximum absolute atomic E-state index is 14.0. The Morgan fingerprint density at radius 1 is 0.974 bits per heavy atom. The van der Waals surface area contributed by atoms with Crippen molar-refractivity contribution in [1.82, 2.24) is 4.98 Å². The highest BCUT2D eigenvalue weighted by Crippen LogP contribution is 2.34. The van der Waals surface area contributed by atoms with Crippen molar-refractivity contribution >= 4 is 23.5 Å². The lowest BCUT2D eigenvalue weighted by Crippen LogP contribution is -2.28. The molecule has 1 heterocycles. The maximum Gasteiger partial charge on any atom is 0.412 e. The van der Waals surface area contributed by atoms with Crippen LogP contribution in [-0.2, 0) is 22.3 Å². The van der Waals surface area contributed by atoms with Crippen molar-refractivity contribution in [3.8, 4) is 5.75 Å². The number of Topliss-reactive ketones (excluding diaryl/α,β-unsaturated/α-hetero) is 1. The second-order valence-corrected chi connectivity index (χ2v) is 9.76. The molecule has 0 aliphatic rings. The number of aryl methyl sites for hydroxylation is 1. The molecule has 0 radical (unpaired) electrons. The van der Waals surface area contributed by atoms with Crippen molar-refractivity contribution in [2.45, 2.75) is 52.1 Å². The Hall–Kier alpha value is -4.20. The average Bonchev–Trinajstić information content (AvgIpc) is 2.90. The molecule has 0 bridgehead atoms. The summed E-state index contributed by atoms with van der Waals surface area (Å²) in [6, 6.07) is 17.6. The molecule has 1 unspecified atom stereocenters. The van der Waals surface area contributed by atoms with Crippen molar-refractivity contribution in [2.75, 3.05) is 19.5 Å². The van der Waals surface area contributed by atoms with Gasteiger partial charge in [0.25, 0.3) is 0 Å². The Labute approximate surface area is 223 Å². The molecule has 1 aromatic heterocycles. The fraction of sp³-hybridized carbons (Fsp3) is 0.333. The molecule has 0 spiro atoms. The van der Waals surface area contributed by atoms with Gasteiger partial charge in [-0.15, -0.1) is 0 Å². The molecule has 0 aliphatic heterocycles. The predicted molar refractivity (Wildman–Crippen MR) is 145 cm³/mol. The second-order valence-electron chi connectivity index (χ2n) is 9.76. The van der Waals surface area contributed by atoms with Crippen LogP contribution < -0.4 is 10.1 Å². The van der Waals surface area contributed by atoms with E-state index in [0.29, 0.717) is 28.3 Å². The smallest absolute Gasteiger partial charge is 0.412 e. The molecule has 0 fully saturated rings. The number of carbonyl (C=O) groups excluding carboxylic acids is 3. The van der Waals surface area contributed by atoms with E-state index in [9.17, 15) is 14.4 Å². The average molecular weight is 519 g/mol. The first-order valence-electron chi connectivity index (χ1n) is 12.4. The number of amides is 1. The molecule has 1 atom stereocenters. The van der Waals surface area contributed by atoms with Crippen molar-refractivity contribution in [3.05, 3.63) is 88.7 Å². The molecule has 2 aromatic carbocycles. The highest BCUT2D eigenvalue weighted by Gasteiger charge is 2.28. The number of nitrogens with zero attached hydrogens (tertiary/aromatic N) is 1. The van der Waals surface area contributed by atoms with Crippen molar-refractivity contribution < 1.29 is 28.6 Å². The number of hydrogen-bond acceptors (Lipinski definition) is 7. The van der Waals surface area contributed by atoms with Crippen LogP contribution in [-0.4, -0.2) is 42.7 Å². The molecule has 200 valence electrons. The van der Waals surface area contributed by atoms with Crippen LogP contribution in [0.25, 0.3) is 0 Å². The molecule has 8 heteroatoms. The van der Waals surface area contributed by atoms with E-state index in [1.165, 1.54) is 14.2 Å². The summed E-state index contributed by atoms with van der Waals surface area (Å²) in [7, 11) is 2.81. The number of esters is 1. The first-order valence-corrected chi connectivity index (χ1v) is 12.4. The van der Waals surface area contributed by atoms with Crippen LogP contribution in [0, 0.1) is 0 Å². The number of nitrogens with one attached hydrogen (secondary N) is 1. The van der Waals surface area contributed by atoms with Crippen LogP contribution in [0.5, 0.6) is 5.75 Å². The van der Waals surface area contributed by atoms with Gasteiger partial charge in [-0.2, -0.15) is 0 Å². The van der Waals surface area contributed by atoms with Gasteiger partial charge >= 0.3 is 12.1 Å². The molecular weight excluding hydrogens is 484 g/mol. The third-order valence-corrected chi connectivity index (χ3v) is 5.82. The molecule has 0 saturated carbocycles. The Bertz CT molecular complexity index is 1310. The highest BCUT2D eigenvalue weighted by molar-refractivity contribution is 6.02. The number of hydrogen-bond donors (Lipinski definition) is 1. The van der Waals surface area contributed by atoms with Gasteiger partial charge in [0.1, 0.15) is 17.0 Å². The number of rotatable bonds is 9. The Balaban J connectivity index is 2.11. The van der Waals surface area contributed by atoms with Gasteiger partial charge in [0, 0.05) is 23.7 Å².